The van der Waals surface area contributed by atoms with E-state index >= 15 is 0 Å². The highest BCUT2D eigenvalue weighted by Gasteiger charge is 2.17. The SMILES string of the molecule is Cc1ccc(C)c(OC(C)C(=O)NNC(=O)c2ccc(NC(=O)CC(C)C)cc2)c1. The van der Waals surface area contributed by atoms with Crippen LogP contribution in [-0.2, 0) is 9.59 Å². The van der Waals surface area contributed by atoms with Crippen molar-refractivity contribution in [3.05, 3.63) is 59.2 Å². The second kappa shape index (κ2) is 10.4. The standard InChI is InChI=1S/C23H29N3O4/c1-14(2)12-21(27)24-19-10-8-18(9-11-19)23(29)26-25-22(28)17(5)30-20-13-15(3)6-7-16(20)4/h6-11,13-14,17H,12H2,1-5H3,(H,24,27)(H,25,28)(H,26,29). The predicted molar refractivity (Wildman–Crippen MR) is 116 cm³/mol. The highest BCUT2D eigenvalue weighted by molar-refractivity contribution is 5.97. The molecule has 0 spiro atoms. The highest BCUT2D eigenvalue weighted by Crippen LogP contribution is 2.20. The molecule has 30 heavy (non-hydrogen) atoms. The summed E-state index contributed by atoms with van der Waals surface area (Å²) in [6.45, 7) is 9.39. The van der Waals surface area contributed by atoms with Crippen LogP contribution in [0.2, 0.25) is 0 Å². The minimum atomic E-state index is -0.788. The maximum absolute atomic E-state index is 12.3. The summed E-state index contributed by atoms with van der Waals surface area (Å²) in [5, 5.41) is 2.78. The summed E-state index contributed by atoms with van der Waals surface area (Å²) < 4.78 is 5.70. The first-order chi connectivity index (χ1) is 14.2. The van der Waals surface area contributed by atoms with Crippen molar-refractivity contribution in [1.82, 2.24) is 10.9 Å². The van der Waals surface area contributed by atoms with Gasteiger partial charge in [-0.3, -0.25) is 25.2 Å². The van der Waals surface area contributed by atoms with Gasteiger partial charge in [-0.15, -0.1) is 0 Å². The summed E-state index contributed by atoms with van der Waals surface area (Å²) in [6, 6.07) is 12.2. The molecule has 160 valence electrons. The van der Waals surface area contributed by atoms with E-state index in [-0.39, 0.29) is 11.8 Å². The van der Waals surface area contributed by atoms with Crippen LogP contribution < -0.4 is 20.9 Å². The third kappa shape index (κ3) is 6.92. The van der Waals surface area contributed by atoms with Gasteiger partial charge in [0.2, 0.25) is 5.91 Å². The number of aryl methyl sites for hydroxylation is 2. The molecule has 0 saturated heterocycles. The van der Waals surface area contributed by atoms with Gasteiger partial charge >= 0.3 is 0 Å². The van der Waals surface area contributed by atoms with Crippen molar-refractivity contribution in [1.29, 1.82) is 0 Å². The Morgan fingerprint density at radius 3 is 2.23 bits per heavy atom. The number of hydrogen-bond donors (Lipinski definition) is 3. The number of hydrogen-bond acceptors (Lipinski definition) is 4. The molecule has 2 rings (SSSR count). The van der Waals surface area contributed by atoms with Gasteiger partial charge in [-0.05, 0) is 68.1 Å². The number of anilines is 1. The van der Waals surface area contributed by atoms with Crippen LogP contribution in [0.1, 0.15) is 48.7 Å². The number of hydrazine groups is 1. The van der Waals surface area contributed by atoms with Crippen LogP contribution in [0.4, 0.5) is 5.69 Å². The van der Waals surface area contributed by atoms with Crippen molar-refractivity contribution in [2.24, 2.45) is 5.92 Å². The summed E-state index contributed by atoms with van der Waals surface area (Å²) in [6.07, 6.45) is -0.360. The van der Waals surface area contributed by atoms with Crippen molar-refractivity contribution in [2.75, 3.05) is 5.32 Å². The maximum Gasteiger partial charge on any atom is 0.279 e. The minimum Gasteiger partial charge on any atom is -0.481 e. The lowest BCUT2D eigenvalue weighted by molar-refractivity contribution is -0.128. The van der Waals surface area contributed by atoms with Crippen LogP contribution in [0.15, 0.2) is 42.5 Å². The van der Waals surface area contributed by atoms with Crippen molar-refractivity contribution in [3.63, 3.8) is 0 Å². The molecule has 0 aliphatic carbocycles. The second-order valence-electron chi connectivity index (χ2n) is 7.70. The molecule has 3 N–H and O–H groups in total. The fourth-order valence-electron chi connectivity index (χ4n) is 2.66. The van der Waals surface area contributed by atoms with Crippen molar-refractivity contribution in [3.8, 4) is 5.75 Å². The molecule has 0 aromatic heterocycles. The zero-order valence-corrected chi connectivity index (χ0v) is 18.0. The largest absolute Gasteiger partial charge is 0.481 e. The molecule has 0 heterocycles. The molecule has 2 aromatic rings. The Bertz CT molecular complexity index is 907. The fraction of sp³-hybridized carbons (Fsp3) is 0.348. The number of nitrogens with one attached hydrogen (secondary N) is 3. The van der Waals surface area contributed by atoms with E-state index in [0.29, 0.717) is 23.4 Å². The summed E-state index contributed by atoms with van der Waals surface area (Å²) in [5.74, 6) is -0.129. The number of carbonyl (C=O) groups excluding carboxylic acids is 3. The van der Waals surface area contributed by atoms with Crippen LogP contribution in [0.25, 0.3) is 0 Å². The second-order valence-corrected chi connectivity index (χ2v) is 7.70. The summed E-state index contributed by atoms with van der Waals surface area (Å²) >= 11 is 0. The Hall–Kier alpha value is -3.35. The van der Waals surface area contributed by atoms with Crippen LogP contribution in [0, 0.1) is 19.8 Å². The molecule has 0 saturated carbocycles. The molecular formula is C23H29N3O4. The minimum absolute atomic E-state index is 0.0766. The third-order valence-corrected chi connectivity index (χ3v) is 4.34. The van der Waals surface area contributed by atoms with E-state index in [1.54, 1.807) is 31.2 Å². The van der Waals surface area contributed by atoms with Gasteiger partial charge in [0.1, 0.15) is 5.75 Å². The zero-order chi connectivity index (χ0) is 22.3. The Morgan fingerprint density at radius 1 is 0.933 bits per heavy atom. The number of rotatable bonds is 7. The molecular weight excluding hydrogens is 382 g/mol. The van der Waals surface area contributed by atoms with Crippen LogP contribution in [0.5, 0.6) is 5.75 Å². The van der Waals surface area contributed by atoms with E-state index in [2.05, 4.69) is 16.2 Å². The number of benzene rings is 2. The topological polar surface area (TPSA) is 96.5 Å². The van der Waals surface area contributed by atoms with Gasteiger partial charge in [-0.25, -0.2) is 0 Å². The average Bonchev–Trinajstić information content (AvgIpc) is 2.68. The van der Waals surface area contributed by atoms with Gasteiger partial charge in [0, 0.05) is 17.7 Å². The Morgan fingerprint density at radius 2 is 1.60 bits per heavy atom. The lowest BCUT2D eigenvalue weighted by Gasteiger charge is -2.17. The zero-order valence-electron chi connectivity index (χ0n) is 18.0. The van der Waals surface area contributed by atoms with Gasteiger partial charge in [-0.2, -0.15) is 0 Å². The van der Waals surface area contributed by atoms with E-state index < -0.39 is 17.9 Å². The Kier molecular flexibility index (Phi) is 7.98. The molecule has 1 atom stereocenters. The van der Waals surface area contributed by atoms with E-state index in [1.165, 1.54) is 0 Å². The van der Waals surface area contributed by atoms with Gasteiger partial charge in [0.05, 0.1) is 0 Å². The van der Waals surface area contributed by atoms with Gasteiger partial charge in [0.25, 0.3) is 11.8 Å². The van der Waals surface area contributed by atoms with Crippen LogP contribution in [0.3, 0.4) is 0 Å². The van der Waals surface area contributed by atoms with Crippen LogP contribution in [-0.4, -0.2) is 23.8 Å². The van der Waals surface area contributed by atoms with Gasteiger partial charge < -0.3 is 10.1 Å². The van der Waals surface area contributed by atoms with Crippen molar-refractivity contribution < 1.29 is 19.1 Å². The maximum atomic E-state index is 12.3. The molecule has 7 heteroatoms. The van der Waals surface area contributed by atoms with E-state index in [4.69, 9.17) is 4.74 Å². The van der Waals surface area contributed by atoms with Crippen molar-refractivity contribution in [2.45, 2.75) is 47.1 Å². The lowest BCUT2D eigenvalue weighted by Crippen LogP contribution is -2.47. The fourth-order valence-corrected chi connectivity index (χ4v) is 2.66. The predicted octanol–water partition coefficient (Wildman–Crippen LogP) is 3.52. The normalized spacial score (nSPS) is 11.5. The van der Waals surface area contributed by atoms with Crippen molar-refractivity contribution >= 4 is 23.4 Å². The molecule has 1 unspecified atom stereocenters. The first-order valence-corrected chi connectivity index (χ1v) is 9.89. The average molecular weight is 412 g/mol. The molecule has 3 amide bonds. The quantitative estimate of drug-likeness (QED) is 0.608. The third-order valence-electron chi connectivity index (χ3n) is 4.34. The number of ether oxygens (including phenoxy) is 1. The first kappa shape index (κ1) is 22.9. The number of amides is 3. The van der Waals surface area contributed by atoms with E-state index in [0.717, 1.165) is 11.1 Å². The monoisotopic (exact) mass is 411 g/mol. The molecule has 0 radical (unpaired) electrons. The number of carbonyl (C=O) groups is 3. The van der Waals surface area contributed by atoms with Crippen LogP contribution >= 0.6 is 0 Å². The molecule has 0 aliphatic heterocycles. The van der Waals surface area contributed by atoms with Gasteiger partial charge in [-0.1, -0.05) is 26.0 Å². The molecule has 0 bridgehead atoms. The molecule has 0 fully saturated rings. The Labute approximate surface area is 177 Å². The first-order valence-electron chi connectivity index (χ1n) is 9.89. The van der Waals surface area contributed by atoms with E-state index in [1.807, 2.05) is 45.9 Å². The summed E-state index contributed by atoms with van der Waals surface area (Å²) in [7, 11) is 0. The smallest absolute Gasteiger partial charge is 0.279 e. The van der Waals surface area contributed by atoms with E-state index in [9.17, 15) is 14.4 Å². The lowest BCUT2D eigenvalue weighted by atomic mass is 10.1. The Balaban J connectivity index is 1.86. The molecule has 0 aliphatic rings. The molecule has 2 aromatic carbocycles. The molecule has 7 nitrogen and oxygen atoms in total. The summed E-state index contributed by atoms with van der Waals surface area (Å²) in [5.41, 5.74) is 7.65. The summed E-state index contributed by atoms with van der Waals surface area (Å²) in [4.78, 5) is 36.3. The highest BCUT2D eigenvalue weighted by atomic mass is 16.5. The van der Waals surface area contributed by atoms with Gasteiger partial charge in [0.15, 0.2) is 6.10 Å².